The number of nitrogens with zero attached hydrogens (tertiary/aromatic N) is 2. The highest BCUT2D eigenvalue weighted by molar-refractivity contribution is 6.00. The first kappa shape index (κ1) is 56.5. The van der Waals surface area contributed by atoms with Crippen molar-refractivity contribution in [2.45, 2.75) is 49.4 Å². The molecule has 3 aromatic heterocycles. The molecule has 0 amide bonds. The van der Waals surface area contributed by atoms with Crippen LogP contribution in [0.5, 0.6) is 0 Å². The fraction of sp³-hybridized carbons (Fsp3) is 0.154. The van der Waals surface area contributed by atoms with E-state index in [9.17, 15) is 105 Å². The molecule has 418 valence electrons. The summed E-state index contributed by atoms with van der Waals surface area (Å²) in [5.74, 6) is 0. The zero-order chi connectivity index (χ0) is 58.8. The lowest BCUT2D eigenvalue weighted by Crippen LogP contribution is -2.11. The quantitative estimate of drug-likeness (QED) is 0.173. The fourth-order valence-corrected chi connectivity index (χ4v) is 8.82. The van der Waals surface area contributed by atoms with Gasteiger partial charge in [-0.15, -0.1) is 0 Å². The average Bonchev–Trinajstić information content (AvgIpc) is 4.17. The van der Waals surface area contributed by atoms with Crippen molar-refractivity contribution in [1.29, 1.82) is 0 Å². The highest BCUT2D eigenvalue weighted by atomic mass is 19.4. The minimum atomic E-state index is -5.58. The first-order valence-corrected chi connectivity index (χ1v) is 22.0. The summed E-state index contributed by atoms with van der Waals surface area (Å²) in [7, 11) is 0. The highest BCUT2D eigenvalue weighted by Gasteiger charge is 2.42. The van der Waals surface area contributed by atoms with Crippen LogP contribution in [0.1, 0.15) is 67.3 Å². The van der Waals surface area contributed by atoms with Gasteiger partial charge in [-0.25, -0.2) is 9.97 Å². The van der Waals surface area contributed by atoms with E-state index in [4.69, 9.17) is 0 Å². The van der Waals surface area contributed by atoms with Gasteiger partial charge in [0.2, 0.25) is 0 Å². The minimum Gasteiger partial charge on any atom is -0.354 e. The molecular formula is C52H22F24N4. The van der Waals surface area contributed by atoms with Gasteiger partial charge in [0.05, 0.1) is 67.3 Å². The smallest absolute Gasteiger partial charge is 0.354 e. The van der Waals surface area contributed by atoms with Crippen LogP contribution in [0, 0.1) is 0 Å². The highest BCUT2D eigenvalue weighted by Crippen LogP contribution is 2.47. The van der Waals surface area contributed by atoms with Gasteiger partial charge in [-0.1, -0.05) is 0 Å². The van der Waals surface area contributed by atoms with Crippen molar-refractivity contribution < 1.29 is 105 Å². The summed E-state index contributed by atoms with van der Waals surface area (Å²) in [6, 6.07) is 3.25. The van der Waals surface area contributed by atoms with Gasteiger partial charge in [-0.2, -0.15) is 105 Å². The van der Waals surface area contributed by atoms with Gasteiger partial charge >= 0.3 is 49.4 Å². The molecule has 2 aliphatic rings. The molecule has 2 N–H and O–H groups in total. The van der Waals surface area contributed by atoms with Crippen molar-refractivity contribution in [3.05, 3.63) is 164 Å². The lowest BCUT2D eigenvalue weighted by molar-refractivity contribution is -0.144. The van der Waals surface area contributed by atoms with Crippen molar-refractivity contribution >= 4 is 46.4 Å². The molecule has 0 atom stereocenters. The Morgan fingerprint density at radius 3 is 0.613 bits per heavy atom. The molecule has 0 fully saturated rings. The number of H-pyrrole nitrogens is 2. The largest absolute Gasteiger partial charge is 0.416 e. The van der Waals surface area contributed by atoms with Crippen LogP contribution in [0.15, 0.2) is 97.1 Å². The van der Waals surface area contributed by atoms with E-state index in [0.29, 0.717) is 0 Å². The van der Waals surface area contributed by atoms with Crippen LogP contribution >= 0.6 is 0 Å². The molecule has 9 rings (SSSR count). The molecule has 8 bridgehead atoms. The summed E-state index contributed by atoms with van der Waals surface area (Å²) in [6.07, 6.45) is -41.5. The number of nitrogens with one attached hydrogen (secondary N) is 2. The molecule has 0 radical (unpaired) electrons. The first-order chi connectivity index (χ1) is 36.6. The van der Waals surface area contributed by atoms with Crippen LogP contribution < -0.4 is 0 Å². The number of aromatic amines is 2. The van der Waals surface area contributed by atoms with Crippen molar-refractivity contribution in [2.24, 2.45) is 0 Å². The molecule has 4 nitrogen and oxygen atoms in total. The molecule has 28 heteroatoms. The molecule has 7 aromatic rings. The van der Waals surface area contributed by atoms with Gasteiger partial charge in [-0.05, 0) is 144 Å². The van der Waals surface area contributed by atoms with Crippen LogP contribution in [0.4, 0.5) is 105 Å². The summed E-state index contributed by atoms with van der Waals surface area (Å²) in [6.45, 7) is 0. The zero-order valence-electron chi connectivity index (χ0n) is 38.5. The lowest BCUT2D eigenvalue weighted by Gasteiger charge is -2.16. The number of rotatable bonds is 4. The number of fused-ring (bicyclic) bond motifs is 8. The molecule has 0 saturated heterocycles. The Labute approximate surface area is 429 Å². The van der Waals surface area contributed by atoms with Gasteiger partial charge in [0, 0.05) is 44.3 Å². The fourth-order valence-electron chi connectivity index (χ4n) is 8.82. The second-order valence-electron chi connectivity index (χ2n) is 17.7. The number of hydrogen-bond acceptors (Lipinski definition) is 2. The van der Waals surface area contributed by atoms with Crippen LogP contribution in [0.2, 0.25) is 0 Å². The molecular weight excluding hydrogens is 1140 g/mol. The predicted molar refractivity (Wildman–Crippen MR) is 241 cm³/mol. The molecule has 80 heavy (non-hydrogen) atoms. The normalized spacial score (nSPS) is 13.9. The summed E-state index contributed by atoms with van der Waals surface area (Å²) in [4.78, 5) is 13.5. The van der Waals surface area contributed by atoms with E-state index in [1.54, 1.807) is 0 Å². The summed E-state index contributed by atoms with van der Waals surface area (Å²) < 4.78 is 347. The van der Waals surface area contributed by atoms with Gasteiger partial charge in [-0.3, -0.25) is 0 Å². The first-order valence-electron chi connectivity index (χ1n) is 22.0. The van der Waals surface area contributed by atoms with Gasteiger partial charge < -0.3 is 9.97 Å². The van der Waals surface area contributed by atoms with Crippen LogP contribution in [-0.2, 0) is 49.4 Å². The Bertz CT molecular complexity index is 3580. The summed E-state index contributed by atoms with van der Waals surface area (Å²) in [5.41, 5.74) is -29.2. The molecule has 0 aliphatic carbocycles. The van der Waals surface area contributed by atoms with E-state index in [1.807, 2.05) is 0 Å². The average molecular weight is 1160 g/mol. The van der Waals surface area contributed by atoms with Gasteiger partial charge in [0.25, 0.3) is 0 Å². The number of alkyl halides is 24. The minimum absolute atomic E-state index is 0.134. The maximum absolute atomic E-state index is 14.5. The number of aromatic nitrogens is 4. The third-order valence-electron chi connectivity index (χ3n) is 12.3. The van der Waals surface area contributed by atoms with E-state index in [1.165, 1.54) is 0 Å². The monoisotopic (exact) mass is 1160 g/mol. The van der Waals surface area contributed by atoms with Crippen molar-refractivity contribution in [2.75, 3.05) is 0 Å². The van der Waals surface area contributed by atoms with E-state index in [0.717, 1.165) is 48.6 Å². The standard InChI is InChI=1S/C52H22F24N4/c53-45(54,55)25-9-21(10-26(17-25)46(56,57)58)41-33-1-2-34(77-33)42(22-11-27(47(59,60)61)18-28(12-22)48(62,63)64)36-5-6-38(79-36)44(24-15-31(51(71,72)73)20-32(16-24)52(74,75)76)40-8-7-39(80-40)43(37-4-3-35(41)78-37)23-13-29(49(65,66)67)19-30(14-23)50(68,69)70/h1-20,77-78H. The van der Waals surface area contributed by atoms with Gasteiger partial charge in [0.15, 0.2) is 0 Å². The Morgan fingerprint density at radius 1 is 0.225 bits per heavy atom. The molecule has 2 aliphatic heterocycles. The topological polar surface area (TPSA) is 57.4 Å². The predicted octanol–water partition coefficient (Wildman–Crippen LogP) is 19.5. The molecule has 0 saturated carbocycles. The van der Waals surface area contributed by atoms with E-state index < -0.39 is 183 Å². The Morgan fingerprint density at radius 2 is 0.400 bits per heavy atom. The third kappa shape index (κ3) is 11.2. The molecule has 0 unspecified atom stereocenters. The number of halogens is 24. The number of hydrogen-bond donors (Lipinski definition) is 2. The second kappa shape index (κ2) is 18.7. The second-order valence-corrected chi connectivity index (χ2v) is 17.7. The molecule has 0 spiro atoms. The van der Waals surface area contributed by atoms with Crippen LogP contribution in [0.25, 0.3) is 90.9 Å². The van der Waals surface area contributed by atoms with Crippen molar-refractivity contribution in [3.8, 4) is 44.5 Å². The van der Waals surface area contributed by atoms with Crippen molar-refractivity contribution in [3.63, 3.8) is 0 Å². The lowest BCUT2D eigenvalue weighted by atomic mass is 9.96. The zero-order valence-corrected chi connectivity index (χ0v) is 38.5. The SMILES string of the molecule is FC(F)(F)c1cc(-c2c3nc(c(-c4cc(C(F)(F)F)cc(C(F)(F)F)c4)c4ccc([nH]4)c(-c4cc(C(F)(F)F)cc(C(F)(F)F)c4)c4ccc([nH]4)c(-c4cc(C(F)(F)F)cc(C(F)(F)F)c4)c4nc2C=C4)C=C3)cc(C(F)(F)F)c1. The Kier molecular flexibility index (Phi) is 13.2. The van der Waals surface area contributed by atoms with E-state index in [2.05, 4.69) is 19.9 Å². The van der Waals surface area contributed by atoms with Gasteiger partial charge in [0.1, 0.15) is 0 Å². The molecule has 4 aromatic carbocycles. The molecule has 5 heterocycles. The van der Waals surface area contributed by atoms with Crippen LogP contribution in [0.3, 0.4) is 0 Å². The Hall–Kier alpha value is -8.20. The summed E-state index contributed by atoms with van der Waals surface area (Å²) in [5, 5.41) is 0. The van der Waals surface area contributed by atoms with E-state index >= 15 is 0 Å². The van der Waals surface area contributed by atoms with Crippen molar-refractivity contribution in [1.82, 2.24) is 19.9 Å². The maximum Gasteiger partial charge on any atom is 0.416 e. The Balaban J connectivity index is 1.56. The third-order valence-corrected chi connectivity index (χ3v) is 12.3. The number of benzene rings is 4. The van der Waals surface area contributed by atoms with Crippen LogP contribution in [-0.4, -0.2) is 19.9 Å². The maximum atomic E-state index is 14.5. The summed E-state index contributed by atoms with van der Waals surface area (Å²) >= 11 is 0. The van der Waals surface area contributed by atoms with E-state index in [-0.39, 0.29) is 72.8 Å².